The summed E-state index contributed by atoms with van der Waals surface area (Å²) < 4.78 is 11.4. The third kappa shape index (κ3) is 15.0. The fourth-order valence-corrected chi connectivity index (χ4v) is 7.52. The summed E-state index contributed by atoms with van der Waals surface area (Å²) in [5.74, 6) is -5.91. The van der Waals surface area contributed by atoms with Crippen LogP contribution in [0, 0.1) is 16.0 Å². The molecule has 5 atom stereocenters. The van der Waals surface area contributed by atoms with E-state index < -0.39 is 76.2 Å². The molecule has 4 bridgehead atoms. The third-order valence-electron chi connectivity index (χ3n) is 10.8. The van der Waals surface area contributed by atoms with Crippen molar-refractivity contribution in [2.45, 2.75) is 134 Å². The van der Waals surface area contributed by atoms with Crippen molar-refractivity contribution in [2.75, 3.05) is 7.11 Å². The summed E-state index contributed by atoms with van der Waals surface area (Å²) in [7, 11) is 1.22. The Balaban J connectivity index is 1.80. The van der Waals surface area contributed by atoms with Gasteiger partial charge in [0.05, 0.1) is 24.1 Å². The molecule has 17 nitrogen and oxygen atoms in total. The van der Waals surface area contributed by atoms with Gasteiger partial charge in [-0.2, -0.15) is 0 Å². The number of carboxylic acids is 1. The fraction of sp³-hybridized carbons (Fsp3) is 0.500. The number of benzene rings is 3. The van der Waals surface area contributed by atoms with Crippen LogP contribution in [-0.4, -0.2) is 76.0 Å². The summed E-state index contributed by atoms with van der Waals surface area (Å²) in [6, 6.07) is 7.64. The number of methoxy groups -OCH3 is 1. The van der Waals surface area contributed by atoms with Crippen LogP contribution in [0.1, 0.15) is 114 Å². The van der Waals surface area contributed by atoms with Gasteiger partial charge in [0.2, 0.25) is 35.1 Å². The van der Waals surface area contributed by atoms with Gasteiger partial charge in [0, 0.05) is 25.3 Å². The molecule has 3 aromatic carbocycles. The number of rotatable bonds is 21. The van der Waals surface area contributed by atoms with E-state index in [1.807, 2.05) is 13.8 Å². The molecule has 2 aliphatic rings. The highest BCUT2D eigenvalue weighted by atomic mass is 16.6. The maximum atomic E-state index is 14.6. The van der Waals surface area contributed by atoms with Crippen molar-refractivity contribution >= 4 is 35.3 Å². The standard InChI is InChI=1S/C46H62N6O11/c1-5-6-7-8-9-10-11-12-16-19-39(54)50-41(46(58)59)40-31-26-36(53)42(62-4)38(27-31)63-37-21-20-30(25-35(37)52(60)61)24-34(48-43(55)32(47)22-28(2)3)44(56)49-33(45(57)51-40)23-29-17-14-13-15-18-29/h13-15,17-18,20-21,25-28,32-34,40-41,53H,5-12,16,19,22-24,47H2,1-4H3,(H,48,55)(H,49,56)(H,50,54)(H,51,57)(H,58,59)/t32-,33+,34-,40?,41-/m1/s1. The highest BCUT2D eigenvalue weighted by Crippen LogP contribution is 2.44. The van der Waals surface area contributed by atoms with Crippen molar-refractivity contribution in [1.29, 1.82) is 0 Å². The van der Waals surface area contributed by atoms with E-state index in [1.54, 1.807) is 30.3 Å². The van der Waals surface area contributed by atoms with E-state index in [0.717, 1.165) is 44.6 Å². The zero-order chi connectivity index (χ0) is 46.1. The number of hydrogen-bond acceptors (Lipinski definition) is 11. The molecule has 0 radical (unpaired) electrons. The number of aromatic hydroxyl groups is 1. The number of nitro groups is 1. The van der Waals surface area contributed by atoms with E-state index in [4.69, 9.17) is 15.2 Å². The Labute approximate surface area is 368 Å². The highest BCUT2D eigenvalue weighted by molar-refractivity contribution is 5.94. The number of unbranched alkanes of at least 4 members (excludes halogenated alkanes) is 8. The molecule has 0 aromatic heterocycles. The summed E-state index contributed by atoms with van der Waals surface area (Å²) >= 11 is 0. The molecule has 2 aliphatic heterocycles. The summed E-state index contributed by atoms with van der Waals surface area (Å²) in [6.07, 6.45) is 8.89. The first-order chi connectivity index (χ1) is 30.1. The van der Waals surface area contributed by atoms with Gasteiger partial charge in [-0.25, -0.2) is 4.79 Å². The Morgan fingerprint density at radius 3 is 2.22 bits per heavy atom. The second kappa shape index (κ2) is 24.4. The van der Waals surface area contributed by atoms with E-state index in [0.29, 0.717) is 12.0 Å². The maximum Gasteiger partial charge on any atom is 0.328 e. The molecule has 342 valence electrons. The van der Waals surface area contributed by atoms with E-state index in [2.05, 4.69) is 28.2 Å². The van der Waals surface area contributed by atoms with Gasteiger partial charge in [0.1, 0.15) is 12.1 Å². The summed E-state index contributed by atoms with van der Waals surface area (Å²) in [5.41, 5.74) is 6.40. The number of nitrogens with one attached hydrogen (secondary N) is 4. The number of phenols is 1. The fourth-order valence-electron chi connectivity index (χ4n) is 7.52. The van der Waals surface area contributed by atoms with Crippen LogP contribution in [0.25, 0.3) is 0 Å². The Bertz CT molecular complexity index is 2050. The topological polar surface area (TPSA) is 262 Å². The second-order valence-corrected chi connectivity index (χ2v) is 16.4. The predicted molar refractivity (Wildman–Crippen MR) is 235 cm³/mol. The van der Waals surface area contributed by atoms with Crippen molar-refractivity contribution in [3.8, 4) is 23.0 Å². The smallest absolute Gasteiger partial charge is 0.328 e. The zero-order valence-corrected chi connectivity index (χ0v) is 36.5. The number of carboxylic acid groups (broad SMARTS) is 1. The van der Waals surface area contributed by atoms with Crippen LogP contribution in [0.2, 0.25) is 0 Å². The summed E-state index contributed by atoms with van der Waals surface area (Å²) in [6.45, 7) is 5.91. The quantitative estimate of drug-likeness (QED) is 0.0376. The number of phenolic OH excluding ortho intramolecular Hbond substituents is 1. The number of nitrogens with zero attached hydrogens (tertiary/aromatic N) is 1. The van der Waals surface area contributed by atoms with Crippen molar-refractivity contribution < 1.29 is 48.6 Å². The normalized spacial score (nSPS) is 17.5. The van der Waals surface area contributed by atoms with E-state index in [9.17, 15) is 44.3 Å². The van der Waals surface area contributed by atoms with E-state index in [1.165, 1.54) is 44.2 Å². The lowest BCUT2D eigenvalue weighted by molar-refractivity contribution is -0.385. The molecule has 1 unspecified atom stereocenters. The number of aliphatic carboxylic acids is 1. The molecule has 5 rings (SSSR count). The van der Waals surface area contributed by atoms with Crippen LogP contribution in [-0.2, 0) is 36.8 Å². The average molecular weight is 875 g/mol. The zero-order valence-electron chi connectivity index (χ0n) is 36.5. The van der Waals surface area contributed by atoms with E-state index >= 15 is 0 Å². The Morgan fingerprint density at radius 2 is 1.60 bits per heavy atom. The minimum absolute atomic E-state index is 0.00277. The average Bonchev–Trinajstić information content (AvgIpc) is 3.23. The number of hydrogen-bond donors (Lipinski definition) is 7. The lowest BCUT2D eigenvalue weighted by Gasteiger charge is -2.30. The minimum Gasteiger partial charge on any atom is -0.504 e. The highest BCUT2D eigenvalue weighted by Gasteiger charge is 2.37. The maximum absolute atomic E-state index is 14.6. The van der Waals surface area contributed by atoms with Crippen LogP contribution in [0.4, 0.5) is 5.69 Å². The minimum atomic E-state index is -1.84. The number of fused-ring (bicyclic) bond motifs is 9. The molecule has 0 saturated heterocycles. The van der Waals surface area contributed by atoms with Crippen molar-refractivity contribution in [3.05, 3.63) is 87.5 Å². The number of amides is 4. The Morgan fingerprint density at radius 1 is 0.937 bits per heavy atom. The van der Waals surface area contributed by atoms with Gasteiger partial charge >= 0.3 is 11.7 Å². The molecule has 2 heterocycles. The number of nitro benzene ring substituents is 1. The number of nitrogens with two attached hydrogens (primary N) is 1. The van der Waals surface area contributed by atoms with E-state index in [-0.39, 0.29) is 60.0 Å². The lowest BCUT2D eigenvalue weighted by atomic mass is 9.96. The Kier molecular flexibility index (Phi) is 19.2. The molecule has 0 saturated carbocycles. The number of carbonyl (C=O) groups excluding carboxylic acids is 4. The summed E-state index contributed by atoms with van der Waals surface area (Å²) in [4.78, 5) is 80.6. The van der Waals surface area contributed by atoms with Gasteiger partial charge in [-0.1, -0.05) is 109 Å². The molecule has 63 heavy (non-hydrogen) atoms. The first-order valence-corrected chi connectivity index (χ1v) is 21.7. The third-order valence-corrected chi connectivity index (χ3v) is 10.8. The molecule has 17 heteroatoms. The van der Waals surface area contributed by atoms with Crippen LogP contribution in [0.15, 0.2) is 60.7 Å². The van der Waals surface area contributed by atoms with Crippen LogP contribution in [0.3, 0.4) is 0 Å². The van der Waals surface area contributed by atoms with Crippen LogP contribution >= 0.6 is 0 Å². The van der Waals surface area contributed by atoms with Gasteiger partial charge in [0.25, 0.3) is 0 Å². The summed E-state index contributed by atoms with van der Waals surface area (Å²) in [5, 5.41) is 45.0. The molecule has 8 N–H and O–H groups in total. The Hall–Kier alpha value is -6.23. The molecular weight excluding hydrogens is 813 g/mol. The molecule has 3 aromatic rings. The predicted octanol–water partition coefficient (Wildman–Crippen LogP) is 5.89. The van der Waals surface area contributed by atoms with Crippen molar-refractivity contribution in [3.63, 3.8) is 0 Å². The largest absolute Gasteiger partial charge is 0.504 e. The number of carbonyl (C=O) groups is 5. The van der Waals surface area contributed by atoms with Gasteiger partial charge in [-0.15, -0.1) is 0 Å². The van der Waals surface area contributed by atoms with Gasteiger partial charge in [-0.3, -0.25) is 29.3 Å². The number of ether oxygens (including phenoxy) is 2. The molecule has 0 aliphatic carbocycles. The molecule has 0 fully saturated rings. The molecule has 0 spiro atoms. The van der Waals surface area contributed by atoms with Gasteiger partial charge in [-0.05, 0) is 53.6 Å². The first kappa shape index (κ1) is 49.4. The molecule has 4 amide bonds. The van der Waals surface area contributed by atoms with Crippen LogP contribution < -0.4 is 36.5 Å². The SMILES string of the molecule is CCCCCCCCCCCC(=O)N[C@@H](C(=O)O)C1NC(=O)[C@H](Cc2ccccc2)NC(=O)[C@H](NC(=O)[C@H](N)CC(C)C)Cc2ccc(c([N+](=O)[O-])c2)Oc2cc1cc(O)c2OC. The first-order valence-electron chi connectivity index (χ1n) is 21.7. The van der Waals surface area contributed by atoms with Crippen LogP contribution in [0.5, 0.6) is 23.0 Å². The van der Waals surface area contributed by atoms with Gasteiger partial charge < -0.3 is 46.7 Å². The second-order valence-electron chi connectivity index (χ2n) is 16.4. The van der Waals surface area contributed by atoms with Crippen molar-refractivity contribution in [1.82, 2.24) is 21.3 Å². The lowest BCUT2D eigenvalue weighted by Crippen LogP contribution is -2.58. The molecular formula is C46H62N6O11. The van der Waals surface area contributed by atoms with Gasteiger partial charge in [0.15, 0.2) is 17.5 Å². The monoisotopic (exact) mass is 874 g/mol. The van der Waals surface area contributed by atoms with Crippen molar-refractivity contribution in [2.24, 2.45) is 11.7 Å².